The van der Waals surface area contributed by atoms with Gasteiger partial charge in [-0.3, -0.25) is 14.8 Å². The van der Waals surface area contributed by atoms with Gasteiger partial charge in [-0.05, 0) is 83.5 Å². The number of aromatic nitrogens is 2. The minimum atomic E-state index is -0.264. The predicted octanol–water partition coefficient (Wildman–Crippen LogP) is 5.43. The van der Waals surface area contributed by atoms with Crippen molar-refractivity contribution in [2.45, 2.75) is 25.2 Å². The molecule has 2 aromatic carbocycles. The quantitative estimate of drug-likeness (QED) is 0.427. The Kier molecular flexibility index (Phi) is 4.51. The fraction of sp³-hybridized carbons (Fsp3) is 0.148. The summed E-state index contributed by atoms with van der Waals surface area (Å²) >= 11 is 0. The number of nitrogens with zero attached hydrogens (tertiary/aromatic N) is 2. The van der Waals surface area contributed by atoms with Crippen molar-refractivity contribution in [2.75, 3.05) is 0 Å². The number of pyridine rings is 2. The van der Waals surface area contributed by atoms with Gasteiger partial charge in [-0.15, -0.1) is 0 Å². The molecule has 0 saturated heterocycles. The predicted molar refractivity (Wildman–Crippen MR) is 119 cm³/mol. The number of hydrogen-bond acceptors (Lipinski definition) is 3. The third-order valence-electron chi connectivity index (χ3n) is 6.18. The minimum Gasteiger partial charge on any atom is -0.295 e. The molecular weight excluding hydrogens is 368 g/mol. The standard InChI is InChI=1S/C27H22N2O/c1-19(30)22-6-7-24-23-4-2-3-5-25(23)27(26(24)16-22,17-20-8-12-28-13-9-20)18-21-10-14-29-15-11-21/h2-16H,17-18H2,1H3. The smallest absolute Gasteiger partial charge is 0.159 e. The zero-order chi connectivity index (χ0) is 20.6. The maximum absolute atomic E-state index is 12.2. The molecule has 1 aliphatic carbocycles. The Morgan fingerprint density at radius 3 is 1.90 bits per heavy atom. The number of hydrogen-bond donors (Lipinski definition) is 0. The van der Waals surface area contributed by atoms with Crippen LogP contribution < -0.4 is 0 Å². The van der Waals surface area contributed by atoms with Crippen LogP contribution in [0.3, 0.4) is 0 Å². The van der Waals surface area contributed by atoms with Crippen LogP contribution in [0.5, 0.6) is 0 Å². The highest BCUT2D eigenvalue weighted by Gasteiger charge is 2.43. The largest absolute Gasteiger partial charge is 0.295 e. The lowest BCUT2D eigenvalue weighted by molar-refractivity contribution is 0.101. The molecule has 0 spiro atoms. The van der Waals surface area contributed by atoms with E-state index in [2.05, 4.69) is 70.6 Å². The van der Waals surface area contributed by atoms with E-state index >= 15 is 0 Å². The van der Waals surface area contributed by atoms with Crippen molar-refractivity contribution < 1.29 is 4.79 Å². The molecule has 3 nitrogen and oxygen atoms in total. The molecule has 0 radical (unpaired) electrons. The van der Waals surface area contributed by atoms with Gasteiger partial charge in [0.05, 0.1) is 0 Å². The first-order valence-electron chi connectivity index (χ1n) is 10.2. The molecule has 5 rings (SSSR count). The van der Waals surface area contributed by atoms with Gasteiger partial charge in [0.15, 0.2) is 5.78 Å². The fourth-order valence-electron chi connectivity index (χ4n) is 4.82. The summed E-state index contributed by atoms with van der Waals surface area (Å²) in [6.45, 7) is 1.64. The first kappa shape index (κ1) is 18.4. The summed E-state index contributed by atoms with van der Waals surface area (Å²) in [5, 5.41) is 0. The first-order chi connectivity index (χ1) is 14.7. The lowest BCUT2D eigenvalue weighted by atomic mass is 9.69. The van der Waals surface area contributed by atoms with Crippen molar-refractivity contribution in [1.82, 2.24) is 9.97 Å². The Labute approximate surface area is 176 Å². The van der Waals surface area contributed by atoms with E-state index in [9.17, 15) is 4.79 Å². The summed E-state index contributed by atoms with van der Waals surface area (Å²) in [4.78, 5) is 20.6. The molecule has 0 atom stereocenters. The summed E-state index contributed by atoms with van der Waals surface area (Å²) in [6, 6.07) is 23.2. The van der Waals surface area contributed by atoms with E-state index in [-0.39, 0.29) is 11.2 Å². The van der Waals surface area contributed by atoms with Crippen molar-refractivity contribution in [3.8, 4) is 11.1 Å². The maximum atomic E-state index is 12.2. The Hall–Kier alpha value is -3.59. The average Bonchev–Trinajstić information content (AvgIpc) is 3.04. The highest BCUT2D eigenvalue weighted by Crippen LogP contribution is 2.52. The molecule has 3 heteroatoms. The summed E-state index contributed by atoms with van der Waals surface area (Å²) in [7, 11) is 0. The summed E-state index contributed by atoms with van der Waals surface area (Å²) in [6.07, 6.45) is 9.07. The summed E-state index contributed by atoms with van der Waals surface area (Å²) in [5.41, 5.74) is 7.98. The van der Waals surface area contributed by atoms with Crippen LogP contribution in [0.25, 0.3) is 11.1 Å². The number of benzene rings is 2. The minimum absolute atomic E-state index is 0.0930. The normalized spacial score (nSPS) is 13.5. The second-order valence-corrected chi connectivity index (χ2v) is 8.01. The Bertz CT molecular complexity index is 1170. The van der Waals surface area contributed by atoms with Gasteiger partial charge in [-0.25, -0.2) is 0 Å². The summed E-state index contributed by atoms with van der Waals surface area (Å²) < 4.78 is 0. The van der Waals surface area contributed by atoms with Gasteiger partial charge in [0.1, 0.15) is 0 Å². The van der Waals surface area contributed by atoms with Crippen molar-refractivity contribution in [1.29, 1.82) is 0 Å². The van der Waals surface area contributed by atoms with Gasteiger partial charge < -0.3 is 0 Å². The molecular formula is C27H22N2O. The van der Waals surface area contributed by atoms with Crippen molar-refractivity contribution in [3.05, 3.63) is 119 Å². The molecule has 146 valence electrons. The van der Waals surface area contributed by atoms with Crippen LogP contribution in [0.15, 0.2) is 91.5 Å². The third-order valence-corrected chi connectivity index (χ3v) is 6.18. The molecule has 30 heavy (non-hydrogen) atoms. The van der Waals surface area contributed by atoms with Gasteiger partial charge >= 0.3 is 0 Å². The molecule has 1 aliphatic rings. The number of Topliss-reactive ketones (excluding diaryl/α,β-unsaturated/α-hetero) is 1. The van der Waals surface area contributed by atoms with Gasteiger partial charge in [0, 0.05) is 35.8 Å². The monoisotopic (exact) mass is 390 g/mol. The highest BCUT2D eigenvalue weighted by molar-refractivity contribution is 5.96. The summed E-state index contributed by atoms with van der Waals surface area (Å²) in [5.74, 6) is 0.0930. The second-order valence-electron chi connectivity index (χ2n) is 8.01. The fourth-order valence-corrected chi connectivity index (χ4v) is 4.82. The van der Waals surface area contributed by atoms with Crippen LogP contribution in [0.1, 0.15) is 39.5 Å². The Balaban J connectivity index is 1.78. The molecule has 0 amide bonds. The zero-order valence-corrected chi connectivity index (χ0v) is 16.9. The second kappa shape index (κ2) is 7.34. The van der Waals surface area contributed by atoms with Crippen LogP contribution in [0, 0.1) is 0 Å². The lowest BCUT2D eigenvalue weighted by Crippen LogP contribution is -2.31. The number of fused-ring (bicyclic) bond motifs is 3. The first-order valence-corrected chi connectivity index (χ1v) is 10.2. The number of carbonyl (C=O) groups is 1. The number of carbonyl (C=O) groups excluding carboxylic acids is 1. The third kappa shape index (κ3) is 3.03. The number of rotatable bonds is 5. The maximum Gasteiger partial charge on any atom is 0.159 e. The van der Waals surface area contributed by atoms with Crippen LogP contribution in [0.4, 0.5) is 0 Å². The van der Waals surface area contributed by atoms with E-state index in [0.29, 0.717) is 0 Å². The van der Waals surface area contributed by atoms with E-state index in [1.54, 1.807) is 6.92 Å². The molecule has 0 N–H and O–H groups in total. The van der Waals surface area contributed by atoms with Gasteiger partial charge in [-0.2, -0.15) is 0 Å². The van der Waals surface area contributed by atoms with Crippen molar-refractivity contribution in [2.24, 2.45) is 0 Å². The SMILES string of the molecule is CC(=O)c1ccc2c(c1)C(Cc1ccncc1)(Cc1ccncc1)c1ccccc1-2. The van der Waals surface area contributed by atoms with E-state index in [1.165, 1.54) is 33.4 Å². The molecule has 0 aliphatic heterocycles. The number of ketones is 1. The average molecular weight is 390 g/mol. The Morgan fingerprint density at radius 2 is 1.30 bits per heavy atom. The molecule has 0 bridgehead atoms. The van der Waals surface area contributed by atoms with E-state index in [0.717, 1.165) is 18.4 Å². The van der Waals surface area contributed by atoms with Crippen LogP contribution in [-0.2, 0) is 18.3 Å². The van der Waals surface area contributed by atoms with E-state index in [4.69, 9.17) is 0 Å². The lowest BCUT2D eigenvalue weighted by Gasteiger charge is -2.33. The van der Waals surface area contributed by atoms with E-state index in [1.807, 2.05) is 30.9 Å². The van der Waals surface area contributed by atoms with Crippen molar-refractivity contribution >= 4 is 5.78 Å². The van der Waals surface area contributed by atoms with E-state index < -0.39 is 0 Å². The Morgan fingerprint density at radius 1 is 0.733 bits per heavy atom. The molecule has 0 fully saturated rings. The molecule has 0 unspecified atom stereocenters. The van der Waals surface area contributed by atoms with Crippen LogP contribution in [-0.4, -0.2) is 15.8 Å². The molecule has 2 aromatic heterocycles. The molecule has 4 aromatic rings. The topological polar surface area (TPSA) is 42.9 Å². The van der Waals surface area contributed by atoms with Gasteiger partial charge in [-0.1, -0.05) is 36.4 Å². The van der Waals surface area contributed by atoms with Gasteiger partial charge in [0.2, 0.25) is 0 Å². The molecule has 2 heterocycles. The van der Waals surface area contributed by atoms with Crippen molar-refractivity contribution in [3.63, 3.8) is 0 Å². The zero-order valence-electron chi connectivity index (χ0n) is 16.9. The highest BCUT2D eigenvalue weighted by atomic mass is 16.1. The van der Waals surface area contributed by atoms with Crippen LogP contribution >= 0.6 is 0 Å². The molecule has 0 saturated carbocycles. The van der Waals surface area contributed by atoms with Crippen LogP contribution in [0.2, 0.25) is 0 Å². The van der Waals surface area contributed by atoms with Gasteiger partial charge in [0.25, 0.3) is 0 Å².